The Balaban J connectivity index is 3.06. The lowest BCUT2D eigenvalue weighted by atomic mass is 10.0. The molecule has 1 aromatic rings. The number of halogens is 4. The molecule has 0 amide bonds. The highest BCUT2D eigenvalue weighted by Gasteiger charge is 2.41. The molecule has 1 nitrogen and oxygen atoms in total. The van der Waals surface area contributed by atoms with E-state index < -0.39 is 23.7 Å². The van der Waals surface area contributed by atoms with Crippen molar-refractivity contribution >= 4 is 5.78 Å². The van der Waals surface area contributed by atoms with Crippen molar-refractivity contribution < 1.29 is 22.4 Å². The first-order valence-electron chi connectivity index (χ1n) is 4.14. The van der Waals surface area contributed by atoms with Gasteiger partial charge in [0.25, 0.3) is 0 Å². The number of carbonyl (C=O) groups is 1. The van der Waals surface area contributed by atoms with Gasteiger partial charge in [-0.2, -0.15) is 13.2 Å². The summed E-state index contributed by atoms with van der Waals surface area (Å²) in [6, 6.07) is 4.49. The van der Waals surface area contributed by atoms with E-state index in [1.807, 2.05) is 0 Å². The summed E-state index contributed by atoms with van der Waals surface area (Å²) in [7, 11) is 0. The summed E-state index contributed by atoms with van der Waals surface area (Å²) in [6.07, 6.45) is -7.98. The second-order valence-electron chi connectivity index (χ2n) is 3.09. The summed E-state index contributed by atoms with van der Waals surface area (Å²) in [4.78, 5) is 10.9. The summed E-state index contributed by atoms with van der Waals surface area (Å²) < 4.78 is 48.9. The van der Waals surface area contributed by atoms with Crippen LogP contribution in [0, 0.1) is 0 Å². The number of carbonyl (C=O) groups excluding carboxylic acids is 1. The smallest absolute Gasteiger partial charge is 0.295 e. The zero-order valence-electron chi connectivity index (χ0n) is 7.81. The highest BCUT2D eigenvalue weighted by Crippen LogP contribution is 2.35. The Morgan fingerprint density at radius 1 is 1.33 bits per heavy atom. The van der Waals surface area contributed by atoms with E-state index in [0.717, 1.165) is 12.1 Å². The average Bonchev–Trinajstić information content (AvgIpc) is 2.15. The van der Waals surface area contributed by atoms with E-state index in [1.165, 1.54) is 19.1 Å². The second-order valence-corrected chi connectivity index (χ2v) is 3.09. The van der Waals surface area contributed by atoms with Crippen LogP contribution in [0.15, 0.2) is 24.3 Å². The fraction of sp³-hybridized carbons (Fsp3) is 0.300. The number of rotatable bonds is 2. The van der Waals surface area contributed by atoms with Gasteiger partial charge in [-0.1, -0.05) is 18.2 Å². The Morgan fingerprint density at radius 2 is 1.93 bits per heavy atom. The third-order valence-electron chi connectivity index (χ3n) is 1.87. The number of benzene rings is 1. The first-order chi connectivity index (χ1) is 6.82. The van der Waals surface area contributed by atoms with Gasteiger partial charge in [-0.05, 0) is 18.6 Å². The first kappa shape index (κ1) is 11.7. The minimum atomic E-state index is -4.94. The molecule has 15 heavy (non-hydrogen) atoms. The van der Waals surface area contributed by atoms with E-state index in [-0.39, 0.29) is 5.56 Å². The summed E-state index contributed by atoms with van der Waals surface area (Å²) in [5.74, 6) is -0.397. The van der Waals surface area contributed by atoms with Crippen molar-refractivity contribution in [2.24, 2.45) is 0 Å². The monoisotopic (exact) mass is 220 g/mol. The van der Waals surface area contributed by atoms with Crippen molar-refractivity contribution in [2.45, 2.75) is 19.3 Å². The quantitative estimate of drug-likeness (QED) is 0.551. The van der Waals surface area contributed by atoms with E-state index in [4.69, 9.17) is 0 Å². The van der Waals surface area contributed by atoms with Gasteiger partial charge in [0.1, 0.15) is 0 Å². The van der Waals surface area contributed by atoms with Crippen molar-refractivity contribution in [3.05, 3.63) is 35.4 Å². The fourth-order valence-corrected chi connectivity index (χ4v) is 1.10. The maximum atomic E-state index is 12.8. The van der Waals surface area contributed by atoms with E-state index in [9.17, 15) is 22.4 Å². The van der Waals surface area contributed by atoms with Gasteiger partial charge in [0.15, 0.2) is 5.78 Å². The van der Waals surface area contributed by atoms with Gasteiger partial charge < -0.3 is 0 Å². The number of alkyl halides is 4. The molecule has 0 spiro atoms. The molecule has 0 radical (unpaired) electrons. The molecule has 0 N–H and O–H groups in total. The van der Waals surface area contributed by atoms with E-state index >= 15 is 0 Å². The molecule has 0 bridgehead atoms. The Morgan fingerprint density at radius 3 is 2.40 bits per heavy atom. The van der Waals surface area contributed by atoms with E-state index in [1.54, 1.807) is 0 Å². The van der Waals surface area contributed by atoms with Crippen molar-refractivity contribution in [1.82, 2.24) is 0 Å². The maximum Gasteiger partial charge on any atom is 0.423 e. The van der Waals surface area contributed by atoms with Gasteiger partial charge in [-0.3, -0.25) is 4.79 Å². The SMILES string of the molecule is CC(=O)c1cccc(C(F)C(F)(F)F)c1. The van der Waals surface area contributed by atoms with Crippen LogP contribution < -0.4 is 0 Å². The van der Waals surface area contributed by atoms with Gasteiger partial charge in [-0.15, -0.1) is 0 Å². The van der Waals surface area contributed by atoms with Crippen LogP contribution in [0.4, 0.5) is 17.6 Å². The normalized spacial score (nSPS) is 13.7. The van der Waals surface area contributed by atoms with Gasteiger partial charge >= 0.3 is 6.18 Å². The Labute approximate surface area is 83.7 Å². The molecule has 0 aliphatic carbocycles. The molecule has 0 fully saturated rings. The summed E-state index contributed by atoms with van der Waals surface area (Å²) in [5, 5.41) is 0. The number of ketones is 1. The van der Waals surface area contributed by atoms with Crippen molar-refractivity contribution in [2.75, 3.05) is 0 Å². The Bertz CT molecular complexity index is 370. The van der Waals surface area contributed by atoms with Crippen LogP contribution in [0.1, 0.15) is 29.0 Å². The van der Waals surface area contributed by atoms with Gasteiger partial charge in [0, 0.05) is 5.56 Å². The van der Waals surface area contributed by atoms with E-state index in [2.05, 4.69) is 0 Å². The number of Topliss-reactive ketones (excluding diaryl/α,β-unsaturated/α-hetero) is 1. The van der Waals surface area contributed by atoms with Crippen LogP contribution in [0.5, 0.6) is 0 Å². The molecule has 0 aliphatic rings. The zero-order chi connectivity index (χ0) is 11.6. The topological polar surface area (TPSA) is 17.1 Å². The third-order valence-corrected chi connectivity index (χ3v) is 1.87. The summed E-state index contributed by atoms with van der Waals surface area (Å²) >= 11 is 0. The molecular weight excluding hydrogens is 212 g/mol. The van der Waals surface area contributed by atoms with Gasteiger partial charge in [-0.25, -0.2) is 4.39 Å². The minimum absolute atomic E-state index is 0.0689. The molecule has 0 aromatic heterocycles. The lowest BCUT2D eigenvalue weighted by molar-refractivity contribution is -0.182. The minimum Gasteiger partial charge on any atom is -0.295 e. The highest BCUT2D eigenvalue weighted by molar-refractivity contribution is 5.94. The standard InChI is InChI=1S/C10H8F4O/c1-6(15)7-3-2-4-8(5-7)9(11)10(12,13)14/h2-5,9H,1H3. The molecule has 1 aromatic carbocycles. The summed E-state index contributed by atoms with van der Waals surface area (Å²) in [6.45, 7) is 1.21. The molecule has 0 saturated heterocycles. The fourth-order valence-electron chi connectivity index (χ4n) is 1.10. The predicted molar refractivity (Wildman–Crippen MR) is 46.4 cm³/mol. The molecule has 82 valence electrons. The Hall–Kier alpha value is -1.39. The molecule has 0 saturated carbocycles. The lowest BCUT2D eigenvalue weighted by Crippen LogP contribution is -2.16. The van der Waals surface area contributed by atoms with Crippen LogP contribution in [0.25, 0.3) is 0 Å². The lowest BCUT2D eigenvalue weighted by Gasteiger charge is -2.12. The van der Waals surface area contributed by atoms with E-state index in [0.29, 0.717) is 0 Å². The van der Waals surface area contributed by atoms with Crippen LogP contribution in [-0.2, 0) is 0 Å². The molecule has 0 aliphatic heterocycles. The average molecular weight is 220 g/mol. The largest absolute Gasteiger partial charge is 0.423 e. The van der Waals surface area contributed by atoms with Gasteiger partial charge in [0.2, 0.25) is 6.17 Å². The molecular formula is C10H8F4O. The highest BCUT2D eigenvalue weighted by atomic mass is 19.4. The van der Waals surface area contributed by atoms with Crippen molar-refractivity contribution in [1.29, 1.82) is 0 Å². The van der Waals surface area contributed by atoms with Crippen LogP contribution in [0.2, 0.25) is 0 Å². The van der Waals surface area contributed by atoms with Crippen LogP contribution in [-0.4, -0.2) is 12.0 Å². The molecule has 1 atom stereocenters. The second kappa shape index (κ2) is 4.00. The maximum absolute atomic E-state index is 12.8. The van der Waals surface area contributed by atoms with Crippen LogP contribution >= 0.6 is 0 Å². The van der Waals surface area contributed by atoms with Crippen molar-refractivity contribution in [3.8, 4) is 0 Å². The number of hydrogen-bond donors (Lipinski definition) is 0. The van der Waals surface area contributed by atoms with Crippen LogP contribution in [0.3, 0.4) is 0 Å². The van der Waals surface area contributed by atoms with Gasteiger partial charge in [0.05, 0.1) is 0 Å². The van der Waals surface area contributed by atoms with Crippen molar-refractivity contribution in [3.63, 3.8) is 0 Å². The number of hydrogen-bond acceptors (Lipinski definition) is 1. The molecule has 1 rings (SSSR count). The molecule has 0 heterocycles. The molecule has 5 heteroatoms. The molecule has 1 unspecified atom stereocenters. The predicted octanol–water partition coefficient (Wildman–Crippen LogP) is 3.46. The summed E-state index contributed by atoms with van der Waals surface area (Å²) in [5.41, 5.74) is -0.477. The zero-order valence-corrected chi connectivity index (χ0v) is 7.81. The third kappa shape index (κ3) is 2.78. The Kier molecular flexibility index (Phi) is 3.12. The first-order valence-corrected chi connectivity index (χ1v) is 4.14.